The zero-order valence-corrected chi connectivity index (χ0v) is 33.1. The van der Waals surface area contributed by atoms with Crippen LogP contribution < -0.4 is 4.90 Å². The SMILES string of the molecule is c1ccc(-c2ccccc2-c2cccc(N(c3cccc(-c4cccc5ccccc45)c3)c3cccc4c3-c3ccccc3C4(c3ccccc3)c3ccccc3)c2)cc1. The summed E-state index contributed by atoms with van der Waals surface area (Å²) in [5.41, 5.74) is 17.5. The minimum atomic E-state index is -0.516. The second kappa shape index (κ2) is 14.9. The molecule has 0 radical (unpaired) electrons. The molecule has 1 aliphatic carbocycles. The lowest BCUT2D eigenvalue weighted by Gasteiger charge is -2.34. The molecular formula is C59H41N. The van der Waals surface area contributed by atoms with E-state index in [0.29, 0.717) is 0 Å². The number of fused-ring (bicyclic) bond motifs is 4. The van der Waals surface area contributed by atoms with Crippen LogP contribution in [-0.4, -0.2) is 0 Å². The molecule has 0 aliphatic heterocycles. The lowest BCUT2D eigenvalue weighted by molar-refractivity contribution is 0.768. The maximum Gasteiger partial charge on any atom is 0.0714 e. The Hall–Kier alpha value is -7.74. The third-order valence-electron chi connectivity index (χ3n) is 12.3. The molecule has 0 saturated heterocycles. The van der Waals surface area contributed by atoms with E-state index in [0.717, 1.165) is 22.6 Å². The van der Waals surface area contributed by atoms with Gasteiger partial charge >= 0.3 is 0 Å². The fourth-order valence-electron chi connectivity index (χ4n) is 9.79. The molecule has 0 N–H and O–H groups in total. The van der Waals surface area contributed by atoms with Gasteiger partial charge in [0, 0.05) is 16.9 Å². The van der Waals surface area contributed by atoms with Crippen molar-refractivity contribution in [2.75, 3.05) is 4.90 Å². The van der Waals surface area contributed by atoms with Crippen LogP contribution in [0.25, 0.3) is 55.3 Å². The summed E-state index contributed by atoms with van der Waals surface area (Å²) in [7, 11) is 0. The quantitative estimate of drug-likeness (QED) is 0.149. The van der Waals surface area contributed by atoms with Gasteiger partial charge in [-0.05, 0) is 102 Å². The Balaban J connectivity index is 1.19. The van der Waals surface area contributed by atoms with Gasteiger partial charge in [-0.1, -0.05) is 218 Å². The van der Waals surface area contributed by atoms with E-state index in [4.69, 9.17) is 0 Å². The van der Waals surface area contributed by atoms with E-state index in [-0.39, 0.29) is 0 Å². The first-order chi connectivity index (χ1) is 29.8. The highest BCUT2D eigenvalue weighted by Gasteiger charge is 2.47. The summed E-state index contributed by atoms with van der Waals surface area (Å²) in [5, 5.41) is 2.48. The maximum absolute atomic E-state index is 2.49. The van der Waals surface area contributed by atoms with Crippen LogP contribution in [0, 0.1) is 0 Å². The summed E-state index contributed by atoms with van der Waals surface area (Å²) >= 11 is 0. The van der Waals surface area contributed by atoms with E-state index in [9.17, 15) is 0 Å². The van der Waals surface area contributed by atoms with Crippen LogP contribution in [0.4, 0.5) is 17.1 Å². The van der Waals surface area contributed by atoms with Crippen molar-refractivity contribution in [2.24, 2.45) is 0 Å². The van der Waals surface area contributed by atoms with Crippen LogP contribution in [-0.2, 0) is 5.41 Å². The molecule has 0 saturated carbocycles. The van der Waals surface area contributed by atoms with Gasteiger partial charge in [0.25, 0.3) is 0 Å². The summed E-state index contributed by atoms with van der Waals surface area (Å²) in [6, 6.07) is 91.1. The van der Waals surface area contributed by atoms with Crippen LogP contribution in [0.5, 0.6) is 0 Å². The highest BCUT2D eigenvalue weighted by molar-refractivity contribution is 6.00. The Bertz CT molecular complexity index is 3100. The van der Waals surface area contributed by atoms with Gasteiger partial charge in [-0.2, -0.15) is 0 Å². The van der Waals surface area contributed by atoms with Crippen LogP contribution in [0.1, 0.15) is 22.3 Å². The van der Waals surface area contributed by atoms with Crippen LogP contribution in [0.2, 0.25) is 0 Å². The summed E-state index contributed by atoms with van der Waals surface area (Å²) in [6.45, 7) is 0. The Morgan fingerprint density at radius 1 is 0.300 bits per heavy atom. The van der Waals surface area contributed by atoms with E-state index in [1.54, 1.807) is 0 Å². The summed E-state index contributed by atoms with van der Waals surface area (Å²) < 4.78 is 0. The third kappa shape index (κ3) is 5.78. The molecule has 1 nitrogen and oxygen atoms in total. The molecule has 1 aliphatic rings. The highest BCUT2D eigenvalue weighted by atomic mass is 15.1. The van der Waals surface area contributed by atoms with Gasteiger partial charge in [-0.15, -0.1) is 0 Å². The number of nitrogens with zero attached hydrogens (tertiary/aromatic N) is 1. The van der Waals surface area contributed by atoms with E-state index < -0.39 is 5.41 Å². The van der Waals surface area contributed by atoms with Crippen molar-refractivity contribution in [1.82, 2.24) is 0 Å². The molecule has 282 valence electrons. The molecule has 0 aromatic heterocycles. The summed E-state index contributed by atoms with van der Waals surface area (Å²) in [6.07, 6.45) is 0. The zero-order valence-electron chi connectivity index (χ0n) is 33.1. The number of anilines is 3. The number of hydrogen-bond acceptors (Lipinski definition) is 1. The monoisotopic (exact) mass is 763 g/mol. The molecule has 0 amide bonds. The highest BCUT2D eigenvalue weighted by Crippen LogP contribution is 2.59. The molecule has 10 aromatic carbocycles. The van der Waals surface area contributed by atoms with Crippen molar-refractivity contribution in [3.8, 4) is 44.5 Å². The fourth-order valence-corrected chi connectivity index (χ4v) is 9.79. The lowest BCUT2D eigenvalue weighted by Crippen LogP contribution is -2.28. The number of rotatable bonds is 8. The van der Waals surface area contributed by atoms with Gasteiger partial charge in [0.1, 0.15) is 0 Å². The summed E-state index contributed by atoms with van der Waals surface area (Å²) in [4.78, 5) is 2.49. The van der Waals surface area contributed by atoms with E-state index in [2.05, 4.69) is 254 Å². The smallest absolute Gasteiger partial charge is 0.0714 e. The minimum absolute atomic E-state index is 0.516. The van der Waals surface area contributed by atoms with Crippen molar-refractivity contribution in [3.63, 3.8) is 0 Å². The molecule has 10 aromatic rings. The second-order valence-electron chi connectivity index (χ2n) is 15.6. The molecule has 0 heterocycles. The van der Waals surface area contributed by atoms with Crippen molar-refractivity contribution in [3.05, 3.63) is 271 Å². The molecule has 0 spiro atoms. The van der Waals surface area contributed by atoms with Crippen LogP contribution >= 0.6 is 0 Å². The molecular weight excluding hydrogens is 723 g/mol. The number of benzene rings is 10. The van der Waals surface area contributed by atoms with Gasteiger partial charge in [0.2, 0.25) is 0 Å². The first kappa shape index (κ1) is 35.4. The molecule has 0 atom stereocenters. The normalized spacial score (nSPS) is 12.5. The first-order valence-electron chi connectivity index (χ1n) is 20.8. The van der Waals surface area contributed by atoms with Gasteiger partial charge < -0.3 is 4.90 Å². The Labute approximate surface area is 352 Å². The predicted octanol–water partition coefficient (Wildman–Crippen LogP) is 15.7. The van der Waals surface area contributed by atoms with Crippen molar-refractivity contribution >= 4 is 27.8 Å². The van der Waals surface area contributed by atoms with Gasteiger partial charge in [0.15, 0.2) is 0 Å². The fraction of sp³-hybridized carbons (Fsp3) is 0.0169. The second-order valence-corrected chi connectivity index (χ2v) is 15.6. The van der Waals surface area contributed by atoms with Crippen LogP contribution in [0.15, 0.2) is 249 Å². The van der Waals surface area contributed by atoms with Crippen molar-refractivity contribution in [2.45, 2.75) is 5.41 Å². The largest absolute Gasteiger partial charge is 0.310 e. The van der Waals surface area contributed by atoms with E-state index >= 15 is 0 Å². The Morgan fingerprint density at radius 3 is 1.43 bits per heavy atom. The minimum Gasteiger partial charge on any atom is -0.310 e. The molecule has 11 rings (SSSR count). The average molecular weight is 764 g/mol. The first-order valence-corrected chi connectivity index (χ1v) is 20.8. The molecule has 0 bridgehead atoms. The third-order valence-corrected chi connectivity index (χ3v) is 12.3. The van der Waals surface area contributed by atoms with E-state index in [1.165, 1.54) is 72.0 Å². The Kier molecular flexibility index (Phi) is 8.79. The maximum atomic E-state index is 2.49. The zero-order chi connectivity index (χ0) is 39.9. The predicted molar refractivity (Wildman–Crippen MR) is 252 cm³/mol. The van der Waals surface area contributed by atoms with Crippen molar-refractivity contribution < 1.29 is 0 Å². The van der Waals surface area contributed by atoms with Gasteiger partial charge in [-0.3, -0.25) is 0 Å². The Morgan fingerprint density at radius 2 is 0.750 bits per heavy atom. The molecule has 60 heavy (non-hydrogen) atoms. The van der Waals surface area contributed by atoms with E-state index in [1.807, 2.05) is 0 Å². The topological polar surface area (TPSA) is 3.24 Å². The van der Waals surface area contributed by atoms with Gasteiger partial charge in [-0.25, -0.2) is 0 Å². The van der Waals surface area contributed by atoms with Gasteiger partial charge in [0.05, 0.1) is 11.1 Å². The number of hydrogen-bond donors (Lipinski definition) is 0. The molecule has 0 unspecified atom stereocenters. The average Bonchev–Trinajstić information content (AvgIpc) is 3.64. The molecule has 1 heteroatoms. The van der Waals surface area contributed by atoms with Crippen LogP contribution in [0.3, 0.4) is 0 Å². The lowest BCUT2D eigenvalue weighted by atomic mass is 9.68. The summed E-state index contributed by atoms with van der Waals surface area (Å²) in [5.74, 6) is 0. The van der Waals surface area contributed by atoms with Crippen molar-refractivity contribution in [1.29, 1.82) is 0 Å². The standard InChI is InChI=1S/C59H41N/c1-4-20-42(21-5-1)50-33-12-13-34-52(50)44-24-16-30-48(40-44)60(49-31-17-25-45(41-49)53-36-18-23-43-22-10-11-32-51(43)53)57-39-19-38-56-58(57)54-35-14-15-37-55(54)59(56,46-26-6-2-7-27-46)47-28-8-3-9-29-47/h1-41H. The molecule has 0 fully saturated rings.